The first kappa shape index (κ1) is 11.3. The number of hydrogen-bond donors (Lipinski definition) is 2. The summed E-state index contributed by atoms with van der Waals surface area (Å²) in [6.07, 6.45) is 1.60. The minimum absolute atomic E-state index is 0.139. The van der Waals surface area contributed by atoms with Crippen molar-refractivity contribution in [3.63, 3.8) is 0 Å². The van der Waals surface area contributed by atoms with Crippen molar-refractivity contribution in [2.24, 2.45) is 0 Å². The minimum Gasteiger partial charge on any atom is -0.454 e. The lowest BCUT2D eigenvalue weighted by Gasteiger charge is -2.07. The number of benzene rings is 1. The fraction of sp³-hybridized carbons (Fsp3) is 0.0769. The van der Waals surface area contributed by atoms with Crippen LogP contribution in [0, 0.1) is 0 Å². The number of ether oxygens (including phenoxy) is 2. The lowest BCUT2D eigenvalue weighted by Crippen LogP contribution is -2.14. The van der Waals surface area contributed by atoms with Gasteiger partial charge in [-0.2, -0.15) is 0 Å². The molecule has 0 saturated heterocycles. The third-order valence-corrected chi connectivity index (χ3v) is 2.70. The Morgan fingerprint density at radius 2 is 2.05 bits per heavy atom. The van der Waals surface area contributed by atoms with Gasteiger partial charge in [-0.3, -0.25) is 4.79 Å². The zero-order valence-electron chi connectivity index (χ0n) is 9.92. The number of nitrogens with zero attached hydrogens (tertiary/aromatic N) is 1. The van der Waals surface area contributed by atoms with Gasteiger partial charge in [-0.05, 0) is 18.2 Å². The Morgan fingerprint density at radius 1 is 1.26 bits per heavy atom. The topological polar surface area (TPSA) is 86.5 Å². The molecular weight excluding hydrogens is 246 g/mol. The molecule has 0 unspecified atom stereocenters. The van der Waals surface area contributed by atoms with Crippen molar-refractivity contribution < 1.29 is 14.3 Å². The average molecular weight is 257 g/mol. The van der Waals surface area contributed by atoms with Crippen LogP contribution in [0.15, 0.2) is 36.5 Å². The first-order valence-electron chi connectivity index (χ1n) is 5.65. The van der Waals surface area contributed by atoms with E-state index in [4.69, 9.17) is 15.2 Å². The highest BCUT2D eigenvalue weighted by atomic mass is 16.7. The van der Waals surface area contributed by atoms with Gasteiger partial charge < -0.3 is 20.5 Å². The number of carbonyl (C=O) groups excluding carboxylic acids is 1. The number of hydrogen-bond acceptors (Lipinski definition) is 5. The molecule has 3 N–H and O–H groups in total. The molecule has 1 aromatic carbocycles. The van der Waals surface area contributed by atoms with E-state index in [9.17, 15) is 4.79 Å². The van der Waals surface area contributed by atoms with Crippen molar-refractivity contribution in [1.82, 2.24) is 4.98 Å². The fourth-order valence-corrected chi connectivity index (χ4v) is 1.77. The number of aromatic nitrogens is 1. The van der Waals surface area contributed by atoms with E-state index >= 15 is 0 Å². The monoisotopic (exact) mass is 257 g/mol. The van der Waals surface area contributed by atoms with Gasteiger partial charge in [0.25, 0.3) is 5.91 Å². The number of nitrogen functional groups attached to an aromatic ring is 1. The lowest BCUT2D eigenvalue weighted by molar-refractivity contribution is 0.102. The molecule has 0 atom stereocenters. The maximum absolute atomic E-state index is 12.1. The molecule has 6 heteroatoms. The average Bonchev–Trinajstić information content (AvgIpc) is 2.86. The molecule has 96 valence electrons. The summed E-state index contributed by atoms with van der Waals surface area (Å²) in [5.74, 6) is 1.19. The Kier molecular flexibility index (Phi) is 2.68. The zero-order chi connectivity index (χ0) is 13.2. The summed E-state index contributed by atoms with van der Waals surface area (Å²) in [4.78, 5) is 16.1. The van der Waals surface area contributed by atoms with Gasteiger partial charge in [-0.1, -0.05) is 6.07 Å². The van der Waals surface area contributed by atoms with E-state index in [2.05, 4.69) is 10.3 Å². The number of nitrogens with one attached hydrogen (secondary N) is 1. The standard InChI is InChI=1S/C13H11N3O3/c14-9-6-11-10(18-7-19-11)5-8(9)13(17)16-12-3-1-2-4-15-12/h1-6H,7,14H2,(H,15,16,17). The normalized spacial score (nSPS) is 12.2. The molecule has 3 rings (SSSR count). The second kappa shape index (κ2) is 4.49. The molecule has 6 nitrogen and oxygen atoms in total. The highest BCUT2D eigenvalue weighted by Crippen LogP contribution is 2.36. The van der Waals surface area contributed by atoms with Crippen LogP contribution in [0.1, 0.15) is 10.4 Å². The lowest BCUT2D eigenvalue weighted by atomic mass is 10.1. The van der Waals surface area contributed by atoms with Crippen LogP contribution in [-0.4, -0.2) is 17.7 Å². The van der Waals surface area contributed by atoms with E-state index < -0.39 is 0 Å². The van der Waals surface area contributed by atoms with Gasteiger partial charge >= 0.3 is 0 Å². The molecule has 19 heavy (non-hydrogen) atoms. The Balaban J connectivity index is 1.88. The summed E-state index contributed by atoms with van der Waals surface area (Å²) in [7, 11) is 0. The minimum atomic E-state index is -0.338. The molecule has 0 spiro atoms. The quantitative estimate of drug-likeness (QED) is 0.799. The van der Waals surface area contributed by atoms with Crippen molar-refractivity contribution >= 4 is 17.4 Å². The SMILES string of the molecule is Nc1cc2c(cc1C(=O)Nc1ccccn1)OCO2. The third-order valence-electron chi connectivity index (χ3n) is 2.70. The van der Waals surface area contributed by atoms with Gasteiger partial charge in [0.15, 0.2) is 11.5 Å². The molecular formula is C13H11N3O3. The van der Waals surface area contributed by atoms with Crippen LogP contribution in [0.3, 0.4) is 0 Å². The van der Waals surface area contributed by atoms with Crippen LogP contribution in [-0.2, 0) is 0 Å². The van der Waals surface area contributed by atoms with Gasteiger partial charge in [-0.15, -0.1) is 0 Å². The molecule has 2 heterocycles. The first-order valence-corrected chi connectivity index (χ1v) is 5.65. The first-order chi connectivity index (χ1) is 9.24. The van der Waals surface area contributed by atoms with E-state index in [0.717, 1.165) is 0 Å². The number of rotatable bonds is 2. The predicted molar refractivity (Wildman–Crippen MR) is 69.2 cm³/mol. The summed E-state index contributed by atoms with van der Waals surface area (Å²) in [6, 6.07) is 8.39. The van der Waals surface area contributed by atoms with Crippen LogP contribution < -0.4 is 20.5 Å². The predicted octanol–water partition coefficient (Wildman–Crippen LogP) is 1.64. The molecule has 0 saturated carbocycles. The van der Waals surface area contributed by atoms with Crippen molar-refractivity contribution in [2.45, 2.75) is 0 Å². The van der Waals surface area contributed by atoms with Gasteiger partial charge in [0, 0.05) is 18.0 Å². The number of fused-ring (bicyclic) bond motifs is 1. The maximum atomic E-state index is 12.1. The van der Waals surface area contributed by atoms with Crippen molar-refractivity contribution in [2.75, 3.05) is 17.8 Å². The van der Waals surface area contributed by atoms with Gasteiger partial charge in [-0.25, -0.2) is 4.98 Å². The molecule has 0 radical (unpaired) electrons. The van der Waals surface area contributed by atoms with Crippen LogP contribution in [0.4, 0.5) is 11.5 Å². The Hall–Kier alpha value is -2.76. The summed E-state index contributed by atoms with van der Waals surface area (Å²) in [5, 5.41) is 2.66. The van der Waals surface area contributed by atoms with E-state index in [-0.39, 0.29) is 12.7 Å². The van der Waals surface area contributed by atoms with E-state index in [1.807, 2.05) is 0 Å². The Morgan fingerprint density at radius 3 is 2.79 bits per heavy atom. The van der Waals surface area contributed by atoms with Gasteiger partial charge in [0.1, 0.15) is 5.82 Å². The molecule has 0 aliphatic carbocycles. The summed E-state index contributed by atoms with van der Waals surface area (Å²) < 4.78 is 10.4. The maximum Gasteiger partial charge on any atom is 0.259 e. The van der Waals surface area contributed by atoms with Gasteiger partial charge in [0.05, 0.1) is 5.56 Å². The van der Waals surface area contributed by atoms with Crippen LogP contribution in [0.2, 0.25) is 0 Å². The van der Waals surface area contributed by atoms with Crippen molar-refractivity contribution in [1.29, 1.82) is 0 Å². The summed E-state index contributed by atoms with van der Waals surface area (Å²) in [5.41, 5.74) is 6.49. The Bertz CT molecular complexity index is 629. The number of carbonyl (C=O) groups is 1. The van der Waals surface area contributed by atoms with E-state index in [0.29, 0.717) is 28.6 Å². The highest BCUT2D eigenvalue weighted by Gasteiger charge is 2.19. The third kappa shape index (κ3) is 2.15. The number of anilines is 2. The van der Waals surface area contributed by atoms with E-state index in [1.165, 1.54) is 0 Å². The number of nitrogens with two attached hydrogens (primary N) is 1. The second-order valence-electron chi connectivity index (χ2n) is 3.96. The Labute approximate surface area is 109 Å². The molecule has 1 amide bonds. The van der Waals surface area contributed by atoms with Crippen molar-refractivity contribution in [3.05, 3.63) is 42.1 Å². The zero-order valence-corrected chi connectivity index (χ0v) is 9.92. The summed E-state index contributed by atoms with van der Waals surface area (Å²) in [6.45, 7) is 0.139. The second-order valence-corrected chi connectivity index (χ2v) is 3.96. The molecule has 0 fully saturated rings. The molecule has 1 aliphatic heterocycles. The molecule has 0 bridgehead atoms. The van der Waals surface area contributed by atoms with Crippen LogP contribution in [0.5, 0.6) is 11.5 Å². The summed E-state index contributed by atoms with van der Waals surface area (Å²) >= 11 is 0. The largest absolute Gasteiger partial charge is 0.454 e. The number of amides is 1. The highest BCUT2D eigenvalue weighted by molar-refractivity contribution is 6.07. The molecule has 1 aliphatic rings. The van der Waals surface area contributed by atoms with Gasteiger partial charge in [0.2, 0.25) is 6.79 Å². The smallest absolute Gasteiger partial charge is 0.259 e. The van der Waals surface area contributed by atoms with Crippen LogP contribution in [0.25, 0.3) is 0 Å². The molecule has 2 aromatic rings. The molecule has 1 aromatic heterocycles. The fourth-order valence-electron chi connectivity index (χ4n) is 1.77. The van der Waals surface area contributed by atoms with E-state index in [1.54, 1.807) is 36.5 Å². The van der Waals surface area contributed by atoms with Crippen LogP contribution >= 0.6 is 0 Å². The van der Waals surface area contributed by atoms with Crippen molar-refractivity contribution in [3.8, 4) is 11.5 Å². The number of pyridine rings is 1.